The van der Waals surface area contributed by atoms with Crippen molar-refractivity contribution in [1.29, 1.82) is 0 Å². The molecule has 0 spiro atoms. The van der Waals surface area contributed by atoms with E-state index in [0.29, 0.717) is 5.82 Å². The smallest absolute Gasteiger partial charge is 0.361 e. The number of hydrogen-bond donors (Lipinski definition) is 0. The van der Waals surface area contributed by atoms with Crippen LogP contribution in [-0.4, -0.2) is 42.3 Å². The van der Waals surface area contributed by atoms with Crippen LogP contribution in [0.5, 0.6) is 0 Å². The molecule has 20 heavy (non-hydrogen) atoms. The second-order valence-electron chi connectivity index (χ2n) is 3.86. The van der Waals surface area contributed by atoms with E-state index in [1.54, 1.807) is 18.5 Å². The van der Waals surface area contributed by atoms with Crippen molar-refractivity contribution >= 4 is 5.97 Å². The number of carbonyl (C=O) groups excluding carboxylic acids is 1. The van der Waals surface area contributed by atoms with Crippen LogP contribution in [-0.2, 0) is 18.3 Å². The van der Waals surface area contributed by atoms with E-state index in [9.17, 15) is 13.6 Å². The Bertz CT molecular complexity index is 609. The van der Waals surface area contributed by atoms with Gasteiger partial charge in [-0.15, -0.1) is 15.3 Å². The minimum Gasteiger partial charge on any atom is -0.461 e. The molecule has 2 heterocycles. The lowest BCUT2D eigenvalue weighted by molar-refractivity contribution is 0.0506. The van der Waals surface area contributed by atoms with Gasteiger partial charge in [0.1, 0.15) is 18.6 Å². The number of ether oxygens (including phenoxy) is 1. The predicted molar refractivity (Wildman–Crippen MR) is 61.0 cm³/mol. The fourth-order valence-electron chi connectivity index (χ4n) is 1.58. The highest BCUT2D eigenvalue weighted by Crippen LogP contribution is 2.22. The van der Waals surface area contributed by atoms with Crippen LogP contribution in [0.15, 0.2) is 6.33 Å². The third-order valence-electron chi connectivity index (χ3n) is 2.55. The Labute approximate surface area is 112 Å². The minimum absolute atomic E-state index is 0.0669. The van der Waals surface area contributed by atoms with Gasteiger partial charge in [-0.1, -0.05) is 5.21 Å². The summed E-state index contributed by atoms with van der Waals surface area (Å²) < 4.78 is 33.3. The van der Waals surface area contributed by atoms with Crippen molar-refractivity contribution in [1.82, 2.24) is 29.8 Å². The average molecular weight is 286 g/mol. The number of aromatic nitrogens is 6. The van der Waals surface area contributed by atoms with E-state index >= 15 is 0 Å². The number of hydrogen-bond acceptors (Lipinski definition) is 6. The van der Waals surface area contributed by atoms with E-state index in [1.165, 1.54) is 6.33 Å². The topological polar surface area (TPSA) is 87.7 Å². The highest BCUT2D eigenvalue weighted by Gasteiger charge is 2.28. The van der Waals surface area contributed by atoms with Crippen molar-refractivity contribution in [3.05, 3.63) is 23.5 Å². The van der Waals surface area contributed by atoms with Crippen molar-refractivity contribution in [3.63, 3.8) is 0 Å². The molecule has 0 aliphatic carbocycles. The monoisotopic (exact) mass is 286 g/mol. The molecule has 2 rings (SSSR count). The van der Waals surface area contributed by atoms with Gasteiger partial charge >= 0.3 is 5.97 Å². The summed E-state index contributed by atoms with van der Waals surface area (Å²) in [5.74, 6) is -0.515. The molecule has 0 amide bonds. The maximum Gasteiger partial charge on any atom is 0.361 e. The number of esters is 1. The summed E-state index contributed by atoms with van der Waals surface area (Å²) in [5.41, 5.74) is -1.07. The Balaban J connectivity index is 2.34. The van der Waals surface area contributed by atoms with Gasteiger partial charge in [0.15, 0.2) is 11.5 Å². The summed E-state index contributed by atoms with van der Waals surface area (Å²) in [5, 5.41) is 14.4. The van der Waals surface area contributed by atoms with E-state index in [-0.39, 0.29) is 13.2 Å². The van der Waals surface area contributed by atoms with Crippen molar-refractivity contribution in [2.45, 2.75) is 19.9 Å². The van der Waals surface area contributed by atoms with Gasteiger partial charge in [0.2, 0.25) is 0 Å². The summed E-state index contributed by atoms with van der Waals surface area (Å²) in [6.45, 7) is 1.57. The molecule has 108 valence electrons. The Morgan fingerprint density at radius 2 is 2.20 bits per heavy atom. The van der Waals surface area contributed by atoms with Crippen molar-refractivity contribution in [2.24, 2.45) is 7.05 Å². The normalized spacial score (nSPS) is 11.1. The first kappa shape index (κ1) is 14.0. The van der Waals surface area contributed by atoms with Gasteiger partial charge in [0.25, 0.3) is 6.43 Å². The molecule has 10 heteroatoms. The van der Waals surface area contributed by atoms with Crippen LogP contribution in [0.1, 0.15) is 35.4 Å². The lowest BCUT2D eigenvalue weighted by atomic mass is 10.3. The number of rotatable bonds is 5. The van der Waals surface area contributed by atoms with Gasteiger partial charge in [-0.2, -0.15) is 0 Å². The van der Waals surface area contributed by atoms with E-state index in [0.717, 1.165) is 4.68 Å². The molecule has 0 saturated heterocycles. The Hall–Kier alpha value is -2.39. The van der Waals surface area contributed by atoms with Gasteiger partial charge in [-0.25, -0.2) is 18.3 Å². The molecule has 0 unspecified atom stereocenters. The van der Waals surface area contributed by atoms with Gasteiger partial charge < -0.3 is 9.30 Å². The van der Waals surface area contributed by atoms with Crippen molar-refractivity contribution < 1.29 is 18.3 Å². The third kappa shape index (κ3) is 2.63. The Morgan fingerprint density at radius 1 is 1.45 bits per heavy atom. The van der Waals surface area contributed by atoms with Crippen LogP contribution in [0.4, 0.5) is 8.78 Å². The van der Waals surface area contributed by atoms with Gasteiger partial charge in [-0.05, 0) is 6.92 Å². The first-order chi connectivity index (χ1) is 9.54. The molecule has 0 fully saturated rings. The zero-order chi connectivity index (χ0) is 14.7. The molecule has 0 N–H and O–H groups in total. The number of carbonyl (C=O) groups is 1. The molecular formula is C10H12F2N6O2. The molecule has 2 aromatic heterocycles. The average Bonchev–Trinajstić information content (AvgIpc) is 2.97. The number of aryl methyl sites for hydroxylation is 1. The van der Waals surface area contributed by atoms with E-state index in [4.69, 9.17) is 0 Å². The minimum atomic E-state index is -2.90. The van der Waals surface area contributed by atoms with Gasteiger partial charge in [0, 0.05) is 7.05 Å². The van der Waals surface area contributed by atoms with E-state index in [1.807, 2.05) is 0 Å². The summed E-state index contributed by atoms with van der Waals surface area (Å²) >= 11 is 0. The number of nitrogens with zero attached hydrogens (tertiary/aromatic N) is 6. The SMILES string of the molecule is CCOC(=O)c1nnn(Cc2nncn2C)c1C(F)F. The first-order valence-corrected chi connectivity index (χ1v) is 5.76. The zero-order valence-electron chi connectivity index (χ0n) is 10.8. The molecular weight excluding hydrogens is 274 g/mol. The van der Waals surface area contributed by atoms with Crippen LogP contribution >= 0.6 is 0 Å². The summed E-state index contributed by atoms with van der Waals surface area (Å²) in [6, 6.07) is 0. The zero-order valence-corrected chi connectivity index (χ0v) is 10.8. The van der Waals surface area contributed by atoms with Crippen LogP contribution in [0, 0.1) is 0 Å². The highest BCUT2D eigenvalue weighted by atomic mass is 19.3. The Kier molecular flexibility index (Phi) is 4.01. The van der Waals surface area contributed by atoms with Gasteiger partial charge in [-0.3, -0.25) is 0 Å². The lowest BCUT2D eigenvalue weighted by Gasteiger charge is -2.06. The summed E-state index contributed by atoms with van der Waals surface area (Å²) in [6.07, 6.45) is -1.47. The molecule has 0 bridgehead atoms. The van der Waals surface area contributed by atoms with Crippen LogP contribution in [0.3, 0.4) is 0 Å². The molecule has 0 aromatic carbocycles. The standard InChI is InChI=1S/C10H12F2N6O2/c1-3-20-10(19)7-8(9(11)12)18(16-15-7)4-6-14-13-5-17(6)2/h5,9H,3-4H2,1-2H3. The predicted octanol–water partition coefficient (Wildman–Crippen LogP) is 0.569. The van der Waals surface area contributed by atoms with E-state index < -0.39 is 23.8 Å². The summed E-state index contributed by atoms with van der Waals surface area (Å²) in [4.78, 5) is 11.5. The maximum absolute atomic E-state index is 13.1. The lowest BCUT2D eigenvalue weighted by Crippen LogP contribution is -2.13. The fraction of sp³-hybridized carbons (Fsp3) is 0.500. The van der Waals surface area contributed by atoms with Gasteiger partial charge in [0.05, 0.1) is 6.61 Å². The second kappa shape index (κ2) is 5.72. The summed E-state index contributed by atoms with van der Waals surface area (Å²) in [7, 11) is 1.67. The molecule has 2 aromatic rings. The molecule has 0 saturated carbocycles. The second-order valence-corrected chi connectivity index (χ2v) is 3.86. The molecule has 0 atom stereocenters. The fourth-order valence-corrected chi connectivity index (χ4v) is 1.58. The molecule has 0 aliphatic heterocycles. The van der Waals surface area contributed by atoms with Crippen molar-refractivity contribution in [2.75, 3.05) is 6.61 Å². The first-order valence-electron chi connectivity index (χ1n) is 5.76. The van der Waals surface area contributed by atoms with E-state index in [2.05, 4.69) is 25.2 Å². The molecule has 0 radical (unpaired) electrons. The highest BCUT2D eigenvalue weighted by molar-refractivity contribution is 5.88. The molecule has 0 aliphatic rings. The van der Waals surface area contributed by atoms with Crippen LogP contribution in [0.25, 0.3) is 0 Å². The Morgan fingerprint density at radius 3 is 2.75 bits per heavy atom. The number of alkyl halides is 2. The van der Waals surface area contributed by atoms with Crippen LogP contribution < -0.4 is 0 Å². The maximum atomic E-state index is 13.1. The van der Waals surface area contributed by atoms with Crippen LogP contribution in [0.2, 0.25) is 0 Å². The quantitative estimate of drug-likeness (QED) is 0.747. The largest absolute Gasteiger partial charge is 0.461 e. The molecule has 8 nitrogen and oxygen atoms in total. The third-order valence-corrected chi connectivity index (χ3v) is 2.55. The van der Waals surface area contributed by atoms with Crippen molar-refractivity contribution in [3.8, 4) is 0 Å². The number of halogens is 2.